The minimum absolute atomic E-state index is 0.00977. The molecule has 1 saturated heterocycles. The average Bonchev–Trinajstić information content (AvgIpc) is 2.54. The van der Waals surface area contributed by atoms with Crippen molar-refractivity contribution < 1.29 is 13.2 Å². The number of rotatable bonds is 4. The Morgan fingerprint density at radius 1 is 1.41 bits per heavy atom. The van der Waals surface area contributed by atoms with Crippen LogP contribution in [0.15, 0.2) is 0 Å². The topological polar surface area (TPSA) is 89.3 Å². The van der Waals surface area contributed by atoms with E-state index in [1.165, 1.54) is 0 Å². The van der Waals surface area contributed by atoms with E-state index in [2.05, 4.69) is 5.32 Å². The highest BCUT2D eigenvalue weighted by atomic mass is 32.2. The molecule has 0 bridgehead atoms. The van der Waals surface area contributed by atoms with Crippen molar-refractivity contribution in [2.75, 3.05) is 24.6 Å². The monoisotopic (exact) mass is 260 g/mol. The molecule has 1 aliphatic heterocycles. The van der Waals surface area contributed by atoms with Crippen LogP contribution in [-0.2, 0) is 14.6 Å². The molecule has 1 atom stereocenters. The van der Waals surface area contributed by atoms with Gasteiger partial charge in [0, 0.05) is 13.1 Å². The summed E-state index contributed by atoms with van der Waals surface area (Å²) in [5.41, 5.74) is 5.28. The standard InChI is InChI=1S/C11H20N2O3S/c12-8-11(3-1-4-11)10(14)13-6-9-2-5-17(15,16)7-9/h9H,1-8,12H2,(H,13,14). The first-order valence-corrected chi connectivity index (χ1v) is 7.98. The Morgan fingerprint density at radius 2 is 2.12 bits per heavy atom. The average molecular weight is 260 g/mol. The Bertz CT molecular complexity index is 395. The Hall–Kier alpha value is -0.620. The molecule has 2 rings (SSSR count). The molecule has 2 fully saturated rings. The van der Waals surface area contributed by atoms with E-state index >= 15 is 0 Å². The number of carbonyl (C=O) groups is 1. The molecule has 2 aliphatic rings. The van der Waals surface area contributed by atoms with Gasteiger partial charge in [-0.15, -0.1) is 0 Å². The van der Waals surface area contributed by atoms with Gasteiger partial charge < -0.3 is 11.1 Å². The van der Waals surface area contributed by atoms with E-state index in [0.717, 1.165) is 19.3 Å². The number of hydrogen-bond donors (Lipinski definition) is 2. The summed E-state index contributed by atoms with van der Waals surface area (Å²) in [4.78, 5) is 12.0. The quantitative estimate of drug-likeness (QED) is 0.724. The van der Waals surface area contributed by atoms with Gasteiger partial charge in [-0.25, -0.2) is 8.42 Å². The molecule has 5 nitrogen and oxygen atoms in total. The SMILES string of the molecule is NCC1(C(=O)NCC2CCS(=O)(=O)C2)CCC1. The van der Waals surface area contributed by atoms with Crippen molar-refractivity contribution in [2.24, 2.45) is 17.1 Å². The molecule has 0 spiro atoms. The number of carbonyl (C=O) groups excluding carboxylic acids is 1. The lowest BCUT2D eigenvalue weighted by Crippen LogP contribution is -2.51. The summed E-state index contributed by atoms with van der Waals surface area (Å²) in [5, 5.41) is 2.87. The van der Waals surface area contributed by atoms with Crippen LogP contribution in [0.25, 0.3) is 0 Å². The molecule has 0 aromatic rings. The maximum Gasteiger partial charge on any atom is 0.227 e. The first-order chi connectivity index (χ1) is 7.97. The summed E-state index contributed by atoms with van der Waals surface area (Å²) in [5.74, 6) is 0.563. The minimum atomic E-state index is -2.85. The molecule has 0 aromatic carbocycles. The van der Waals surface area contributed by atoms with Crippen LogP contribution in [0.2, 0.25) is 0 Å². The van der Waals surface area contributed by atoms with Crippen LogP contribution in [0.5, 0.6) is 0 Å². The zero-order valence-corrected chi connectivity index (χ0v) is 10.8. The summed E-state index contributed by atoms with van der Waals surface area (Å²) < 4.78 is 22.5. The molecule has 6 heteroatoms. The summed E-state index contributed by atoms with van der Waals surface area (Å²) >= 11 is 0. The molecule has 1 saturated carbocycles. The Morgan fingerprint density at radius 3 is 2.53 bits per heavy atom. The van der Waals surface area contributed by atoms with Crippen molar-refractivity contribution in [3.05, 3.63) is 0 Å². The minimum Gasteiger partial charge on any atom is -0.355 e. The predicted octanol–water partition coefficient (Wildman–Crippen LogP) is -0.334. The van der Waals surface area contributed by atoms with Crippen LogP contribution in [0.1, 0.15) is 25.7 Å². The lowest BCUT2D eigenvalue weighted by Gasteiger charge is -2.39. The van der Waals surface area contributed by atoms with Gasteiger partial charge in [-0.3, -0.25) is 4.79 Å². The molecular formula is C11H20N2O3S. The van der Waals surface area contributed by atoms with Gasteiger partial charge in [0.05, 0.1) is 16.9 Å². The highest BCUT2D eigenvalue weighted by Gasteiger charge is 2.43. The molecule has 1 unspecified atom stereocenters. The maximum absolute atomic E-state index is 12.0. The smallest absolute Gasteiger partial charge is 0.227 e. The number of amides is 1. The van der Waals surface area contributed by atoms with E-state index < -0.39 is 9.84 Å². The van der Waals surface area contributed by atoms with Crippen molar-refractivity contribution in [1.82, 2.24) is 5.32 Å². The highest BCUT2D eigenvalue weighted by molar-refractivity contribution is 7.91. The molecule has 1 aliphatic carbocycles. The van der Waals surface area contributed by atoms with Gasteiger partial charge >= 0.3 is 0 Å². The van der Waals surface area contributed by atoms with Gasteiger partial charge in [0.15, 0.2) is 9.84 Å². The normalized spacial score (nSPS) is 29.6. The largest absolute Gasteiger partial charge is 0.355 e. The molecular weight excluding hydrogens is 240 g/mol. The van der Waals surface area contributed by atoms with E-state index in [-0.39, 0.29) is 28.7 Å². The molecule has 98 valence electrons. The van der Waals surface area contributed by atoms with Crippen LogP contribution in [-0.4, -0.2) is 38.9 Å². The lowest BCUT2D eigenvalue weighted by molar-refractivity contribution is -0.135. The van der Waals surface area contributed by atoms with E-state index in [4.69, 9.17) is 5.73 Å². The van der Waals surface area contributed by atoms with Crippen molar-refractivity contribution in [2.45, 2.75) is 25.7 Å². The van der Waals surface area contributed by atoms with Crippen LogP contribution in [0.3, 0.4) is 0 Å². The van der Waals surface area contributed by atoms with E-state index in [1.807, 2.05) is 0 Å². The fourth-order valence-corrected chi connectivity index (χ4v) is 4.45. The summed E-state index contributed by atoms with van der Waals surface area (Å²) in [6.07, 6.45) is 3.44. The van der Waals surface area contributed by atoms with Crippen molar-refractivity contribution in [1.29, 1.82) is 0 Å². The van der Waals surface area contributed by atoms with Crippen LogP contribution < -0.4 is 11.1 Å². The maximum atomic E-state index is 12.0. The third-order valence-electron chi connectivity index (χ3n) is 4.06. The predicted molar refractivity (Wildman–Crippen MR) is 65.1 cm³/mol. The van der Waals surface area contributed by atoms with Crippen LogP contribution >= 0.6 is 0 Å². The van der Waals surface area contributed by atoms with Gasteiger partial charge in [-0.2, -0.15) is 0 Å². The third-order valence-corrected chi connectivity index (χ3v) is 5.90. The molecule has 1 heterocycles. The highest BCUT2D eigenvalue weighted by Crippen LogP contribution is 2.40. The second kappa shape index (κ2) is 4.57. The van der Waals surface area contributed by atoms with Gasteiger partial charge in [0.1, 0.15) is 0 Å². The summed E-state index contributed by atoms with van der Waals surface area (Å²) in [7, 11) is -2.85. The van der Waals surface area contributed by atoms with Gasteiger partial charge in [-0.1, -0.05) is 6.42 Å². The van der Waals surface area contributed by atoms with E-state index in [9.17, 15) is 13.2 Å². The molecule has 17 heavy (non-hydrogen) atoms. The van der Waals surface area contributed by atoms with Crippen LogP contribution in [0, 0.1) is 11.3 Å². The van der Waals surface area contributed by atoms with E-state index in [0.29, 0.717) is 19.5 Å². The van der Waals surface area contributed by atoms with Crippen molar-refractivity contribution in [3.8, 4) is 0 Å². The van der Waals surface area contributed by atoms with Crippen molar-refractivity contribution >= 4 is 15.7 Å². The lowest BCUT2D eigenvalue weighted by atomic mass is 9.68. The molecule has 1 amide bonds. The fraction of sp³-hybridized carbons (Fsp3) is 0.909. The number of nitrogens with two attached hydrogens (primary N) is 1. The number of hydrogen-bond acceptors (Lipinski definition) is 4. The molecule has 3 N–H and O–H groups in total. The summed E-state index contributed by atoms with van der Waals surface area (Å²) in [6.45, 7) is 0.863. The Labute approximate surface area is 102 Å². The Kier molecular flexibility index (Phi) is 3.45. The van der Waals surface area contributed by atoms with E-state index in [1.54, 1.807) is 0 Å². The van der Waals surface area contributed by atoms with Gasteiger partial charge in [0.25, 0.3) is 0 Å². The van der Waals surface area contributed by atoms with Gasteiger partial charge in [-0.05, 0) is 25.2 Å². The second-order valence-electron chi connectivity index (χ2n) is 5.32. The van der Waals surface area contributed by atoms with Crippen LogP contribution in [0.4, 0.5) is 0 Å². The second-order valence-corrected chi connectivity index (χ2v) is 7.55. The zero-order chi connectivity index (χ0) is 12.5. The first kappa shape index (κ1) is 12.8. The number of nitrogens with one attached hydrogen (secondary N) is 1. The molecule has 0 radical (unpaired) electrons. The van der Waals surface area contributed by atoms with Crippen molar-refractivity contribution in [3.63, 3.8) is 0 Å². The number of sulfone groups is 1. The van der Waals surface area contributed by atoms with Gasteiger partial charge in [0.2, 0.25) is 5.91 Å². The molecule has 0 aromatic heterocycles. The zero-order valence-electron chi connectivity index (χ0n) is 9.94. The third kappa shape index (κ3) is 2.63. The fourth-order valence-electron chi connectivity index (χ4n) is 2.58. The first-order valence-electron chi connectivity index (χ1n) is 6.16. The Balaban J connectivity index is 1.81. The summed E-state index contributed by atoms with van der Waals surface area (Å²) in [6, 6.07) is 0.